The molecular formula is C14H21N3O3. The summed E-state index contributed by atoms with van der Waals surface area (Å²) in [6, 6.07) is 3.41. The normalized spacial score (nSPS) is 11.9. The first-order chi connectivity index (χ1) is 9.41. The summed E-state index contributed by atoms with van der Waals surface area (Å²) in [6.07, 6.45) is 1.69. The Balaban J connectivity index is 2.13. The Bertz CT molecular complexity index is 643. The molecule has 0 spiro atoms. The van der Waals surface area contributed by atoms with Crippen LogP contribution < -0.4 is 16.8 Å². The summed E-state index contributed by atoms with van der Waals surface area (Å²) in [7, 11) is 0. The van der Waals surface area contributed by atoms with E-state index in [1.54, 1.807) is 12.1 Å². The molecule has 0 saturated carbocycles. The molecule has 0 unspecified atom stereocenters. The number of aromatic amines is 1. The molecule has 1 heterocycles. The second-order valence-electron chi connectivity index (χ2n) is 5.80. The number of nitrogens with two attached hydrogens (primary N) is 1. The van der Waals surface area contributed by atoms with Crippen molar-refractivity contribution in [2.24, 2.45) is 5.41 Å². The van der Waals surface area contributed by atoms with Crippen LogP contribution in [0.25, 0.3) is 11.1 Å². The summed E-state index contributed by atoms with van der Waals surface area (Å²) in [5.41, 5.74) is 8.39. The predicted molar refractivity (Wildman–Crippen MR) is 79.8 cm³/mol. The Labute approximate surface area is 117 Å². The number of nitrogen functional groups attached to an aromatic ring is 1. The molecule has 110 valence electrons. The molecule has 6 nitrogen and oxygen atoms in total. The van der Waals surface area contributed by atoms with Gasteiger partial charge in [0.25, 0.3) is 0 Å². The predicted octanol–water partition coefficient (Wildman–Crippen LogP) is 1.91. The summed E-state index contributed by atoms with van der Waals surface area (Å²) >= 11 is 0. The van der Waals surface area contributed by atoms with Crippen molar-refractivity contribution in [1.82, 2.24) is 4.98 Å². The lowest BCUT2D eigenvalue weighted by atomic mass is 9.88. The maximum Gasteiger partial charge on any atom is 0.417 e. The first-order valence-electron chi connectivity index (χ1n) is 6.68. The lowest BCUT2D eigenvalue weighted by molar-refractivity contribution is 0.248. The third-order valence-electron chi connectivity index (χ3n) is 3.36. The Morgan fingerprint density at radius 2 is 2.20 bits per heavy atom. The molecule has 0 radical (unpaired) electrons. The minimum absolute atomic E-state index is 0.0495. The molecule has 0 fully saturated rings. The van der Waals surface area contributed by atoms with Crippen LogP contribution in [0.1, 0.15) is 26.7 Å². The van der Waals surface area contributed by atoms with Gasteiger partial charge in [-0.15, -0.1) is 0 Å². The van der Waals surface area contributed by atoms with Gasteiger partial charge in [-0.05, 0) is 24.3 Å². The molecule has 0 aliphatic heterocycles. The fourth-order valence-corrected chi connectivity index (χ4v) is 2.15. The van der Waals surface area contributed by atoms with Gasteiger partial charge in [-0.1, -0.05) is 13.8 Å². The number of hydrogen-bond acceptors (Lipinski definition) is 5. The minimum Gasteiger partial charge on any atom is -0.408 e. The van der Waals surface area contributed by atoms with E-state index in [0.29, 0.717) is 16.8 Å². The Kier molecular flexibility index (Phi) is 4.04. The summed E-state index contributed by atoms with van der Waals surface area (Å²) < 4.78 is 4.96. The zero-order valence-corrected chi connectivity index (χ0v) is 11.8. The fourth-order valence-electron chi connectivity index (χ4n) is 2.15. The first kappa shape index (κ1) is 14.5. The SMILES string of the molecule is CC(C)(CCCO)CNc1cc2[nH]c(=O)oc2cc1N. The van der Waals surface area contributed by atoms with E-state index in [9.17, 15) is 4.79 Å². The number of H-pyrrole nitrogens is 1. The second kappa shape index (κ2) is 5.58. The fraction of sp³-hybridized carbons (Fsp3) is 0.500. The van der Waals surface area contributed by atoms with Crippen LogP contribution in [0.15, 0.2) is 21.3 Å². The molecule has 2 aromatic rings. The maximum absolute atomic E-state index is 11.1. The van der Waals surface area contributed by atoms with Gasteiger partial charge in [-0.2, -0.15) is 0 Å². The van der Waals surface area contributed by atoms with Crippen molar-refractivity contribution in [3.63, 3.8) is 0 Å². The van der Waals surface area contributed by atoms with E-state index in [4.69, 9.17) is 15.3 Å². The van der Waals surface area contributed by atoms with Crippen LogP contribution in [0.2, 0.25) is 0 Å². The van der Waals surface area contributed by atoms with Gasteiger partial charge in [-0.25, -0.2) is 4.79 Å². The largest absolute Gasteiger partial charge is 0.417 e. The molecule has 5 N–H and O–H groups in total. The average molecular weight is 279 g/mol. The highest BCUT2D eigenvalue weighted by molar-refractivity contribution is 5.85. The summed E-state index contributed by atoms with van der Waals surface area (Å²) in [5, 5.41) is 12.2. The summed E-state index contributed by atoms with van der Waals surface area (Å²) in [4.78, 5) is 13.7. The van der Waals surface area contributed by atoms with E-state index in [-0.39, 0.29) is 12.0 Å². The molecule has 0 atom stereocenters. The molecule has 0 aliphatic carbocycles. The Hall–Kier alpha value is -1.95. The number of benzene rings is 1. The molecule has 1 aromatic carbocycles. The van der Waals surface area contributed by atoms with E-state index < -0.39 is 5.76 Å². The third-order valence-corrected chi connectivity index (χ3v) is 3.36. The lowest BCUT2D eigenvalue weighted by Gasteiger charge is -2.25. The van der Waals surface area contributed by atoms with Crippen molar-refractivity contribution in [1.29, 1.82) is 0 Å². The molecule has 6 heteroatoms. The molecule has 0 bridgehead atoms. The number of nitrogens with one attached hydrogen (secondary N) is 2. The van der Waals surface area contributed by atoms with Crippen molar-refractivity contribution in [3.8, 4) is 0 Å². The number of anilines is 2. The summed E-state index contributed by atoms with van der Waals surface area (Å²) in [5.74, 6) is -0.486. The Morgan fingerprint density at radius 1 is 1.45 bits per heavy atom. The van der Waals surface area contributed by atoms with Crippen LogP contribution in [0.5, 0.6) is 0 Å². The number of aliphatic hydroxyl groups is 1. The van der Waals surface area contributed by atoms with Crippen LogP contribution in [-0.4, -0.2) is 23.2 Å². The maximum atomic E-state index is 11.1. The van der Waals surface area contributed by atoms with Crippen molar-refractivity contribution in [2.75, 3.05) is 24.2 Å². The number of hydrogen-bond donors (Lipinski definition) is 4. The monoisotopic (exact) mass is 279 g/mol. The van der Waals surface area contributed by atoms with Crippen molar-refractivity contribution >= 4 is 22.5 Å². The van der Waals surface area contributed by atoms with Gasteiger partial charge in [0.15, 0.2) is 5.58 Å². The second-order valence-corrected chi connectivity index (χ2v) is 5.80. The molecular weight excluding hydrogens is 258 g/mol. The van der Waals surface area contributed by atoms with Crippen molar-refractivity contribution < 1.29 is 9.52 Å². The van der Waals surface area contributed by atoms with Crippen LogP contribution >= 0.6 is 0 Å². The molecule has 20 heavy (non-hydrogen) atoms. The van der Waals surface area contributed by atoms with E-state index in [1.807, 2.05) is 0 Å². The van der Waals surface area contributed by atoms with Crippen LogP contribution in [0.3, 0.4) is 0 Å². The number of fused-ring (bicyclic) bond motifs is 1. The minimum atomic E-state index is -0.486. The standard InChI is InChI=1S/C14H21N3O3/c1-14(2,4-3-5-18)8-16-10-7-11-12(6-9(10)15)20-13(19)17-11/h6-7,16,18H,3-5,8,15H2,1-2H3,(H,17,19). The van der Waals surface area contributed by atoms with Gasteiger partial charge in [0.2, 0.25) is 0 Å². The smallest absolute Gasteiger partial charge is 0.408 e. The van der Waals surface area contributed by atoms with Gasteiger partial charge in [0, 0.05) is 19.2 Å². The molecule has 1 aromatic heterocycles. The number of aliphatic hydroxyl groups excluding tert-OH is 1. The number of rotatable bonds is 6. The third kappa shape index (κ3) is 3.33. The average Bonchev–Trinajstić information content (AvgIpc) is 2.73. The van der Waals surface area contributed by atoms with Gasteiger partial charge in [0.05, 0.1) is 16.9 Å². The summed E-state index contributed by atoms with van der Waals surface area (Å²) in [6.45, 7) is 5.19. The quantitative estimate of drug-likeness (QED) is 0.605. The van der Waals surface area contributed by atoms with E-state index in [1.165, 1.54) is 0 Å². The molecule has 0 aliphatic rings. The van der Waals surface area contributed by atoms with Gasteiger partial charge in [-0.3, -0.25) is 4.98 Å². The van der Waals surface area contributed by atoms with Gasteiger partial charge >= 0.3 is 5.76 Å². The van der Waals surface area contributed by atoms with Gasteiger partial charge < -0.3 is 20.6 Å². The van der Waals surface area contributed by atoms with Crippen LogP contribution in [0.4, 0.5) is 11.4 Å². The van der Waals surface area contributed by atoms with Crippen LogP contribution in [0, 0.1) is 5.41 Å². The topological polar surface area (TPSA) is 104 Å². The zero-order chi connectivity index (χ0) is 14.8. The van der Waals surface area contributed by atoms with Crippen LogP contribution in [-0.2, 0) is 0 Å². The highest BCUT2D eigenvalue weighted by Crippen LogP contribution is 2.27. The highest BCUT2D eigenvalue weighted by atomic mass is 16.4. The van der Waals surface area contributed by atoms with Crippen molar-refractivity contribution in [2.45, 2.75) is 26.7 Å². The van der Waals surface area contributed by atoms with E-state index in [2.05, 4.69) is 24.1 Å². The van der Waals surface area contributed by atoms with E-state index in [0.717, 1.165) is 25.1 Å². The molecule has 0 saturated heterocycles. The molecule has 2 rings (SSSR count). The number of oxazole rings is 1. The highest BCUT2D eigenvalue weighted by Gasteiger charge is 2.17. The Morgan fingerprint density at radius 3 is 2.90 bits per heavy atom. The van der Waals surface area contributed by atoms with Crippen molar-refractivity contribution in [3.05, 3.63) is 22.7 Å². The number of aromatic nitrogens is 1. The van der Waals surface area contributed by atoms with Gasteiger partial charge in [0.1, 0.15) is 0 Å². The lowest BCUT2D eigenvalue weighted by Crippen LogP contribution is -2.23. The molecule has 0 amide bonds. The van der Waals surface area contributed by atoms with E-state index >= 15 is 0 Å². The first-order valence-corrected chi connectivity index (χ1v) is 6.68. The zero-order valence-electron chi connectivity index (χ0n) is 11.8.